The molecule has 1 aromatic heterocycles. The number of amides is 1. The summed E-state index contributed by atoms with van der Waals surface area (Å²) in [6, 6.07) is 9.16. The van der Waals surface area contributed by atoms with Crippen LogP contribution in [0.25, 0.3) is 0 Å². The van der Waals surface area contributed by atoms with Gasteiger partial charge in [0.2, 0.25) is 0 Å². The van der Waals surface area contributed by atoms with E-state index in [1.807, 2.05) is 38.1 Å². The molecule has 0 atom stereocenters. The Kier molecular flexibility index (Phi) is 3.90. The van der Waals surface area contributed by atoms with E-state index in [0.29, 0.717) is 23.6 Å². The topological polar surface area (TPSA) is 68.3 Å². The lowest BCUT2D eigenvalue weighted by atomic mass is 10.1. The van der Waals surface area contributed by atoms with Crippen molar-refractivity contribution < 1.29 is 9.21 Å². The molecule has 0 unspecified atom stereocenters. The van der Waals surface area contributed by atoms with Crippen LogP contribution in [0.3, 0.4) is 0 Å². The fourth-order valence-corrected chi connectivity index (χ4v) is 1.94. The maximum atomic E-state index is 12.1. The zero-order chi connectivity index (χ0) is 13.8. The van der Waals surface area contributed by atoms with E-state index in [1.165, 1.54) is 0 Å². The Morgan fingerprint density at radius 1 is 1.37 bits per heavy atom. The molecule has 2 aromatic rings. The van der Waals surface area contributed by atoms with Crippen LogP contribution in [0.1, 0.15) is 41.4 Å². The lowest BCUT2D eigenvalue weighted by Crippen LogP contribution is -2.23. The number of rotatable bonds is 4. The Balaban J connectivity index is 2.03. The van der Waals surface area contributed by atoms with Crippen molar-refractivity contribution in [1.82, 2.24) is 5.32 Å². The van der Waals surface area contributed by atoms with Crippen LogP contribution in [-0.4, -0.2) is 5.91 Å². The second kappa shape index (κ2) is 5.61. The predicted octanol–water partition coefficient (Wildman–Crippen LogP) is 2.92. The summed E-state index contributed by atoms with van der Waals surface area (Å²) in [4.78, 5) is 12.1. The fourth-order valence-electron chi connectivity index (χ4n) is 1.94. The fraction of sp³-hybridized carbons (Fsp3) is 0.267. The first-order valence-corrected chi connectivity index (χ1v) is 6.28. The highest BCUT2D eigenvalue weighted by atomic mass is 16.3. The zero-order valence-electron chi connectivity index (χ0n) is 11.1. The third kappa shape index (κ3) is 3.16. The molecule has 1 amide bonds. The highest BCUT2D eigenvalue weighted by Gasteiger charge is 2.16. The molecule has 19 heavy (non-hydrogen) atoms. The Bertz CT molecular complexity index is 573. The van der Waals surface area contributed by atoms with Crippen LogP contribution in [0.4, 0.5) is 5.69 Å². The standard InChI is InChI=1S/C15H18N2O2/c1-10(2)14-13(6-7-19-14)15(18)17-9-11-4-3-5-12(16)8-11/h3-8,10H,9,16H2,1-2H3,(H,17,18). The van der Waals surface area contributed by atoms with Crippen molar-refractivity contribution in [2.24, 2.45) is 0 Å². The van der Waals surface area contributed by atoms with Crippen LogP contribution in [0.5, 0.6) is 0 Å². The summed E-state index contributed by atoms with van der Waals surface area (Å²) in [6.07, 6.45) is 1.55. The van der Waals surface area contributed by atoms with Gasteiger partial charge in [0.1, 0.15) is 5.76 Å². The number of hydrogen-bond acceptors (Lipinski definition) is 3. The molecular formula is C15H18N2O2. The van der Waals surface area contributed by atoms with Crippen LogP contribution in [0.15, 0.2) is 41.0 Å². The zero-order valence-corrected chi connectivity index (χ0v) is 11.1. The van der Waals surface area contributed by atoms with E-state index in [9.17, 15) is 4.79 Å². The van der Waals surface area contributed by atoms with Gasteiger partial charge in [-0.3, -0.25) is 4.79 Å². The smallest absolute Gasteiger partial charge is 0.255 e. The molecule has 2 rings (SSSR count). The maximum absolute atomic E-state index is 12.1. The molecular weight excluding hydrogens is 240 g/mol. The number of benzene rings is 1. The molecule has 0 saturated heterocycles. The largest absolute Gasteiger partial charge is 0.468 e. The van der Waals surface area contributed by atoms with E-state index in [4.69, 9.17) is 10.2 Å². The summed E-state index contributed by atoms with van der Waals surface area (Å²) in [6.45, 7) is 4.44. The van der Waals surface area contributed by atoms with Crippen molar-refractivity contribution in [3.63, 3.8) is 0 Å². The molecule has 0 aliphatic carbocycles. The van der Waals surface area contributed by atoms with Crippen LogP contribution < -0.4 is 11.1 Å². The highest BCUT2D eigenvalue weighted by molar-refractivity contribution is 5.95. The molecule has 4 heteroatoms. The Morgan fingerprint density at radius 2 is 2.16 bits per heavy atom. The molecule has 0 fully saturated rings. The summed E-state index contributed by atoms with van der Waals surface area (Å²) < 4.78 is 5.34. The number of furan rings is 1. The summed E-state index contributed by atoms with van der Waals surface area (Å²) in [7, 11) is 0. The third-order valence-electron chi connectivity index (χ3n) is 2.87. The van der Waals surface area contributed by atoms with E-state index < -0.39 is 0 Å². The van der Waals surface area contributed by atoms with Crippen molar-refractivity contribution in [2.75, 3.05) is 5.73 Å². The van der Waals surface area contributed by atoms with Gasteiger partial charge >= 0.3 is 0 Å². The van der Waals surface area contributed by atoms with E-state index in [-0.39, 0.29) is 11.8 Å². The number of nitrogen functional groups attached to an aromatic ring is 1. The van der Waals surface area contributed by atoms with Gasteiger partial charge in [0.05, 0.1) is 11.8 Å². The Hall–Kier alpha value is -2.23. The summed E-state index contributed by atoms with van der Waals surface area (Å²) in [5, 5.41) is 2.87. The second-order valence-electron chi connectivity index (χ2n) is 4.78. The first kappa shape index (κ1) is 13.2. The highest BCUT2D eigenvalue weighted by Crippen LogP contribution is 2.20. The van der Waals surface area contributed by atoms with Gasteiger partial charge in [-0.2, -0.15) is 0 Å². The summed E-state index contributed by atoms with van der Waals surface area (Å²) in [5.41, 5.74) is 7.96. The number of anilines is 1. The summed E-state index contributed by atoms with van der Waals surface area (Å²) in [5.74, 6) is 0.771. The minimum absolute atomic E-state index is 0.125. The Labute approximate surface area is 112 Å². The van der Waals surface area contributed by atoms with E-state index >= 15 is 0 Å². The number of nitrogens with one attached hydrogen (secondary N) is 1. The molecule has 0 radical (unpaired) electrons. The van der Waals surface area contributed by atoms with Gasteiger partial charge in [-0.1, -0.05) is 26.0 Å². The van der Waals surface area contributed by atoms with E-state index in [0.717, 1.165) is 5.56 Å². The van der Waals surface area contributed by atoms with Gasteiger partial charge in [-0.15, -0.1) is 0 Å². The molecule has 4 nitrogen and oxygen atoms in total. The quantitative estimate of drug-likeness (QED) is 0.828. The number of hydrogen-bond donors (Lipinski definition) is 2. The van der Waals surface area contributed by atoms with Crippen LogP contribution in [0, 0.1) is 0 Å². The SMILES string of the molecule is CC(C)c1occc1C(=O)NCc1cccc(N)c1. The minimum Gasteiger partial charge on any atom is -0.468 e. The predicted molar refractivity (Wildman–Crippen MR) is 74.8 cm³/mol. The van der Waals surface area contributed by atoms with Crippen molar-refractivity contribution in [3.8, 4) is 0 Å². The second-order valence-corrected chi connectivity index (χ2v) is 4.78. The molecule has 1 heterocycles. The van der Waals surface area contributed by atoms with E-state index in [1.54, 1.807) is 12.3 Å². The van der Waals surface area contributed by atoms with E-state index in [2.05, 4.69) is 5.32 Å². The first-order valence-electron chi connectivity index (χ1n) is 6.28. The molecule has 0 saturated carbocycles. The van der Waals surface area contributed by atoms with Crippen LogP contribution in [-0.2, 0) is 6.54 Å². The van der Waals surface area contributed by atoms with Crippen LogP contribution in [0.2, 0.25) is 0 Å². The average Bonchev–Trinajstić information content (AvgIpc) is 2.85. The number of carbonyl (C=O) groups excluding carboxylic acids is 1. The molecule has 100 valence electrons. The average molecular weight is 258 g/mol. The number of carbonyl (C=O) groups is 1. The van der Waals surface area contributed by atoms with Crippen molar-refractivity contribution in [1.29, 1.82) is 0 Å². The maximum Gasteiger partial charge on any atom is 0.255 e. The van der Waals surface area contributed by atoms with Gasteiger partial charge < -0.3 is 15.5 Å². The first-order chi connectivity index (χ1) is 9.08. The van der Waals surface area contributed by atoms with Crippen molar-refractivity contribution in [2.45, 2.75) is 26.3 Å². The molecule has 0 aliphatic rings. The normalized spacial score (nSPS) is 10.7. The lowest BCUT2D eigenvalue weighted by Gasteiger charge is -2.07. The number of nitrogens with two attached hydrogens (primary N) is 1. The van der Waals surface area contributed by atoms with Gasteiger partial charge in [0, 0.05) is 18.2 Å². The van der Waals surface area contributed by atoms with Crippen LogP contribution >= 0.6 is 0 Å². The monoisotopic (exact) mass is 258 g/mol. The lowest BCUT2D eigenvalue weighted by molar-refractivity contribution is 0.0948. The summed E-state index contributed by atoms with van der Waals surface area (Å²) >= 11 is 0. The van der Waals surface area contributed by atoms with Crippen molar-refractivity contribution in [3.05, 3.63) is 53.5 Å². The van der Waals surface area contributed by atoms with Gasteiger partial charge in [-0.25, -0.2) is 0 Å². The molecule has 0 spiro atoms. The molecule has 3 N–H and O–H groups in total. The third-order valence-corrected chi connectivity index (χ3v) is 2.87. The van der Waals surface area contributed by atoms with Gasteiger partial charge in [0.15, 0.2) is 0 Å². The van der Waals surface area contributed by atoms with Gasteiger partial charge in [0.25, 0.3) is 5.91 Å². The van der Waals surface area contributed by atoms with Crippen molar-refractivity contribution >= 4 is 11.6 Å². The molecule has 1 aromatic carbocycles. The molecule has 0 aliphatic heterocycles. The Morgan fingerprint density at radius 3 is 2.84 bits per heavy atom. The molecule has 0 bridgehead atoms. The minimum atomic E-state index is -0.125. The van der Waals surface area contributed by atoms with Gasteiger partial charge in [-0.05, 0) is 23.8 Å².